The second-order valence-corrected chi connectivity index (χ2v) is 12.2. The predicted molar refractivity (Wildman–Crippen MR) is 182 cm³/mol. The number of anilines is 1. The van der Waals surface area contributed by atoms with Crippen LogP contribution in [0.4, 0.5) is 5.82 Å². The fraction of sp³-hybridized carbons (Fsp3) is 0.514. The van der Waals surface area contributed by atoms with E-state index in [2.05, 4.69) is 38.2 Å². The molecular formula is C35H49N7O5. The maximum Gasteiger partial charge on any atom is 0.350 e. The van der Waals surface area contributed by atoms with Crippen molar-refractivity contribution in [1.82, 2.24) is 20.9 Å². The lowest BCUT2D eigenvalue weighted by Gasteiger charge is -2.25. The minimum atomic E-state index is -2.02. The van der Waals surface area contributed by atoms with Gasteiger partial charge < -0.3 is 36.5 Å². The summed E-state index contributed by atoms with van der Waals surface area (Å²) in [4.78, 5) is 50.3. The number of hydrogen-bond donors (Lipinski definition) is 5. The van der Waals surface area contributed by atoms with Gasteiger partial charge in [-0.3, -0.25) is 14.6 Å². The number of esters is 1. The number of carbonyl (C=O) groups excluding carboxylic acids is 3. The van der Waals surface area contributed by atoms with Gasteiger partial charge in [-0.2, -0.15) is 0 Å². The Bertz CT molecular complexity index is 1490. The van der Waals surface area contributed by atoms with Crippen LogP contribution >= 0.6 is 0 Å². The number of Topliss-reactive ketones (excluding diaryl/α,β-unsaturated/α-hetero) is 2. The molecule has 47 heavy (non-hydrogen) atoms. The molecule has 1 aromatic heterocycles. The van der Waals surface area contributed by atoms with Gasteiger partial charge >= 0.3 is 5.97 Å². The van der Waals surface area contributed by atoms with Crippen LogP contribution in [0.3, 0.4) is 0 Å². The summed E-state index contributed by atoms with van der Waals surface area (Å²) in [6, 6.07) is 10.1. The molecule has 2 aliphatic rings. The minimum absolute atomic E-state index is 0.0267. The highest BCUT2D eigenvalue weighted by Gasteiger charge is 2.85. The number of fused-ring (bicyclic) bond motifs is 2. The number of ketones is 2. The summed E-state index contributed by atoms with van der Waals surface area (Å²) in [7, 11) is 3.44. The summed E-state index contributed by atoms with van der Waals surface area (Å²) in [5.74, 6) is -0.692. The number of unbranched alkanes of at least 4 members (excludes halogenated alkanes) is 1. The first-order valence-corrected chi connectivity index (χ1v) is 16.4. The first-order valence-electron chi connectivity index (χ1n) is 16.4. The number of aliphatic imine (C=N–C) groups is 1. The van der Waals surface area contributed by atoms with Gasteiger partial charge in [0.2, 0.25) is 5.78 Å². The molecule has 2 aromatic rings. The number of ether oxygens (including phenoxy) is 2. The number of nitrogens with two attached hydrogens (primary N) is 1. The van der Waals surface area contributed by atoms with Crippen LogP contribution in [-0.4, -0.2) is 80.1 Å². The van der Waals surface area contributed by atoms with Crippen LogP contribution in [0.5, 0.6) is 0 Å². The Morgan fingerprint density at radius 2 is 1.91 bits per heavy atom. The third-order valence-electron chi connectivity index (χ3n) is 8.80. The monoisotopic (exact) mass is 647 g/mol. The molecule has 1 aliphatic carbocycles. The van der Waals surface area contributed by atoms with E-state index in [1.807, 2.05) is 39.1 Å². The smallest absolute Gasteiger partial charge is 0.350 e. The maximum absolute atomic E-state index is 14.0. The molecular weight excluding hydrogens is 598 g/mol. The van der Waals surface area contributed by atoms with Crippen LogP contribution in [0.1, 0.15) is 85.2 Å². The Balaban J connectivity index is 1.60. The largest absolute Gasteiger partial charge is 0.463 e. The number of guanidine groups is 1. The third kappa shape index (κ3) is 7.72. The lowest BCUT2D eigenvalue weighted by Crippen LogP contribution is -2.50. The lowest BCUT2D eigenvalue weighted by atomic mass is 9.72. The zero-order valence-electron chi connectivity index (χ0n) is 28.2. The van der Waals surface area contributed by atoms with E-state index in [-0.39, 0.29) is 42.1 Å². The molecule has 254 valence electrons. The van der Waals surface area contributed by atoms with Gasteiger partial charge in [0.05, 0.1) is 19.3 Å². The summed E-state index contributed by atoms with van der Waals surface area (Å²) in [5, 5.41) is 12.8. The molecule has 12 heteroatoms. The molecule has 1 aliphatic heterocycles. The Morgan fingerprint density at radius 1 is 1.17 bits per heavy atom. The van der Waals surface area contributed by atoms with Crippen LogP contribution < -0.4 is 27.0 Å². The van der Waals surface area contributed by atoms with Crippen LogP contribution in [0, 0.1) is 5.92 Å². The van der Waals surface area contributed by atoms with Gasteiger partial charge in [-0.25, -0.2) is 9.78 Å². The van der Waals surface area contributed by atoms with Crippen molar-refractivity contribution in [2.75, 3.05) is 45.8 Å². The highest BCUT2D eigenvalue weighted by atomic mass is 16.7. The molecule has 4 atom stereocenters. The van der Waals surface area contributed by atoms with E-state index >= 15 is 0 Å². The Morgan fingerprint density at radius 3 is 2.60 bits per heavy atom. The molecule has 4 rings (SSSR count). The van der Waals surface area contributed by atoms with Gasteiger partial charge in [0.15, 0.2) is 17.3 Å². The second kappa shape index (κ2) is 16.1. The lowest BCUT2D eigenvalue weighted by molar-refractivity contribution is -0.149. The van der Waals surface area contributed by atoms with Crippen LogP contribution in [0.15, 0.2) is 59.2 Å². The van der Waals surface area contributed by atoms with Gasteiger partial charge in [-0.15, -0.1) is 0 Å². The Hall–Kier alpha value is -4.13. The number of hydrogen-bond acceptors (Lipinski definition) is 10. The minimum Gasteiger partial charge on any atom is -0.463 e. The molecule has 1 aromatic carbocycles. The third-order valence-corrected chi connectivity index (χ3v) is 8.80. The van der Waals surface area contributed by atoms with Crippen molar-refractivity contribution in [2.45, 2.75) is 70.1 Å². The van der Waals surface area contributed by atoms with Crippen molar-refractivity contribution in [2.24, 2.45) is 16.6 Å². The molecule has 0 bridgehead atoms. The zero-order chi connectivity index (χ0) is 34.0. The first-order chi connectivity index (χ1) is 22.7. The molecule has 6 N–H and O–H groups in total. The van der Waals surface area contributed by atoms with Crippen LogP contribution in [0.2, 0.25) is 0 Å². The standard InChI is InChI=1S/C35H49N7O5/c1-6-8-11-24(20-39-7-2)21-46-32(45)35-31(44)27-13-10-9-12-26(27)30(43)34(35,47-35)16-14-23(3)18-28(42-33(36)38-5)25-15-17-40-29(19-25)41-22-37-4/h9-10,12-15,17,19,24,28,37,39H,6-8,11,16,18,20-22H2,1-5H3,(H,40,41)(H3,36,38,42)/b23-14+/t24-,28-,34+,35+/m1/s1. The SMILES string of the molecule is CCCC[C@H](CNCC)COC(=O)[C@]12O[C@@]1(C/C=C(\C)C[C@@H](NC(N)=NC)c1ccnc(NCNC)c1)C(=O)c1ccccc1C2=O. The van der Waals surface area contributed by atoms with E-state index in [1.54, 1.807) is 37.5 Å². The average Bonchev–Trinajstić information content (AvgIpc) is 3.80. The number of benzene rings is 1. The number of carbonyl (C=O) groups is 3. The van der Waals surface area contributed by atoms with Crippen molar-refractivity contribution in [3.63, 3.8) is 0 Å². The van der Waals surface area contributed by atoms with Gasteiger partial charge in [0.25, 0.3) is 5.60 Å². The first kappa shape index (κ1) is 35.7. The van der Waals surface area contributed by atoms with Crippen LogP contribution in [0.25, 0.3) is 0 Å². The summed E-state index contributed by atoms with van der Waals surface area (Å²) < 4.78 is 11.9. The summed E-state index contributed by atoms with van der Waals surface area (Å²) in [5.41, 5.74) is 4.63. The topological polar surface area (TPSA) is 172 Å². The highest BCUT2D eigenvalue weighted by Crippen LogP contribution is 2.58. The van der Waals surface area contributed by atoms with Crippen molar-refractivity contribution < 1.29 is 23.9 Å². The van der Waals surface area contributed by atoms with Gasteiger partial charge in [0.1, 0.15) is 5.82 Å². The number of pyridine rings is 1. The molecule has 0 amide bonds. The molecule has 12 nitrogen and oxygen atoms in total. The molecule has 0 radical (unpaired) electrons. The van der Waals surface area contributed by atoms with E-state index in [9.17, 15) is 14.4 Å². The van der Waals surface area contributed by atoms with Gasteiger partial charge in [-0.1, -0.05) is 62.6 Å². The Kier molecular flexibility index (Phi) is 12.3. The molecule has 1 fully saturated rings. The van der Waals surface area contributed by atoms with Gasteiger partial charge in [0, 0.05) is 43.3 Å². The molecule has 1 saturated heterocycles. The van der Waals surface area contributed by atoms with Crippen molar-refractivity contribution in [3.05, 3.63) is 70.9 Å². The zero-order valence-corrected chi connectivity index (χ0v) is 28.2. The number of rotatable bonds is 18. The van der Waals surface area contributed by atoms with Crippen molar-refractivity contribution >= 4 is 29.3 Å². The van der Waals surface area contributed by atoms with Crippen molar-refractivity contribution in [1.29, 1.82) is 0 Å². The van der Waals surface area contributed by atoms with E-state index in [4.69, 9.17) is 15.2 Å². The normalized spacial score (nSPS) is 21.8. The number of nitrogens with zero attached hydrogens (tertiary/aromatic N) is 2. The summed E-state index contributed by atoms with van der Waals surface area (Å²) in [6.45, 7) is 8.23. The predicted octanol–water partition coefficient (Wildman–Crippen LogP) is 3.52. The van der Waals surface area contributed by atoms with Crippen molar-refractivity contribution in [3.8, 4) is 0 Å². The maximum atomic E-state index is 14.0. The summed E-state index contributed by atoms with van der Waals surface area (Å²) in [6.07, 6.45) is 6.98. The van der Waals surface area contributed by atoms with E-state index in [0.717, 1.165) is 36.9 Å². The quantitative estimate of drug-likeness (QED) is 0.0305. The highest BCUT2D eigenvalue weighted by molar-refractivity contribution is 6.32. The fourth-order valence-electron chi connectivity index (χ4n) is 6.07. The molecule has 0 spiro atoms. The molecule has 0 saturated carbocycles. The van der Waals surface area contributed by atoms with Gasteiger partial charge in [-0.05, 0) is 51.1 Å². The molecule has 2 heterocycles. The van der Waals surface area contributed by atoms with E-state index in [0.29, 0.717) is 25.5 Å². The Labute approximate surface area is 277 Å². The average molecular weight is 648 g/mol. The number of epoxide rings is 1. The van der Waals surface area contributed by atoms with E-state index in [1.165, 1.54) is 0 Å². The van der Waals surface area contributed by atoms with Crippen LogP contribution in [-0.2, 0) is 14.3 Å². The van der Waals surface area contributed by atoms with E-state index < -0.39 is 28.7 Å². The second-order valence-electron chi connectivity index (χ2n) is 12.2. The number of aromatic nitrogens is 1. The fourth-order valence-corrected chi connectivity index (χ4v) is 6.07. The molecule has 0 unspecified atom stereocenters. The summed E-state index contributed by atoms with van der Waals surface area (Å²) >= 11 is 0. The number of nitrogens with one attached hydrogen (secondary N) is 4.